The fraction of sp³-hybridized carbons (Fsp3) is 0.500. The molecule has 0 aliphatic carbocycles. The summed E-state index contributed by atoms with van der Waals surface area (Å²) in [6.07, 6.45) is 0.534. The predicted octanol–water partition coefficient (Wildman–Crippen LogP) is 1.73. The van der Waals surface area contributed by atoms with Crippen LogP contribution in [0.3, 0.4) is 0 Å². The maximum absolute atomic E-state index is 10.6. The summed E-state index contributed by atoms with van der Waals surface area (Å²) in [4.78, 5) is 12.3. The normalized spacial score (nSPS) is 24.6. The van der Waals surface area contributed by atoms with Crippen molar-refractivity contribution >= 4 is 37.8 Å². The topological polar surface area (TPSA) is 40.5 Å². The largest absolute Gasteiger partial charge is 0.480 e. The van der Waals surface area contributed by atoms with E-state index in [4.69, 9.17) is 5.11 Å². The van der Waals surface area contributed by atoms with Crippen molar-refractivity contribution in [1.29, 1.82) is 0 Å². The number of carbonyl (C=O) groups is 1. The Balaban J connectivity index is 2.78. The highest BCUT2D eigenvalue weighted by Crippen LogP contribution is 2.34. The molecular weight excluding hydrogens is 278 g/mol. The van der Waals surface area contributed by atoms with Gasteiger partial charge < -0.3 is 10.0 Å². The first-order valence-corrected chi connectivity index (χ1v) is 4.62. The van der Waals surface area contributed by atoms with Crippen LogP contribution in [-0.4, -0.2) is 29.1 Å². The van der Waals surface area contributed by atoms with Crippen LogP contribution in [0, 0.1) is 0 Å². The predicted molar refractivity (Wildman–Crippen MR) is 48.7 cm³/mol. The van der Waals surface area contributed by atoms with Crippen LogP contribution in [0.5, 0.6) is 0 Å². The van der Waals surface area contributed by atoms with E-state index in [0.717, 1.165) is 9.09 Å². The van der Waals surface area contributed by atoms with Gasteiger partial charge in [-0.05, 0) is 15.9 Å². The lowest BCUT2D eigenvalue weighted by atomic mass is 10.2. The minimum atomic E-state index is -0.793. The van der Waals surface area contributed by atoms with Crippen LogP contribution in [0.1, 0.15) is 6.42 Å². The number of aliphatic carboxylic acids is 1. The summed E-state index contributed by atoms with van der Waals surface area (Å²) in [5.74, 6) is -0.793. The molecule has 0 saturated carbocycles. The van der Waals surface area contributed by atoms with E-state index >= 15 is 0 Å². The Morgan fingerprint density at radius 1 is 1.73 bits per heavy atom. The van der Waals surface area contributed by atoms with Gasteiger partial charge in [0, 0.05) is 18.0 Å². The maximum atomic E-state index is 10.6. The molecule has 0 amide bonds. The molecule has 1 unspecified atom stereocenters. The molecule has 1 atom stereocenters. The Bertz CT molecular complexity index is 227. The number of nitrogens with zero attached hydrogens (tertiary/aromatic N) is 1. The number of carboxylic acids is 1. The van der Waals surface area contributed by atoms with E-state index in [1.165, 1.54) is 0 Å². The van der Waals surface area contributed by atoms with Gasteiger partial charge in [-0.2, -0.15) is 0 Å². The van der Waals surface area contributed by atoms with E-state index in [1.54, 1.807) is 11.9 Å². The first kappa shape index (κ1) is 9.06. The highest BCUT2D eigenvalue weighted by Gasteiger charge is 2.31. The van der Waals surface area contributed by atoms with Gasteiger partial charge in [0.15, 0.2) is 0 Å². The highest BCUT2D eigenvalue weighted by molar-refractivity contribution is 9.14. The molecule has 1 aliphatic heterocycles. The van der Waals surface area contributed by atoms with Crippen LogP contribution in [0.25, 0.3) is 0 Å². The Hall–Kier alpha value is -0.0300. The molecule has 1 N–H and O–H groups in total. The third-order valence-corrected chi connectivity index (χ3v) is 3.93. The van der Waals surface area contributed by atoms with Crippen molar-refractivity contribution in [3.05, 3.63) is 9.09 Å². The number of halogens is 2. The molecule has 0 saturated heterocycles. The minimum Gasteiger partial charge on any atom is -0.480 e. The maximum Gasteiger partial charge on any atom is 0.326 e. The molecule has 11 heavy (non-hydrogen) atoms. The Morgan fingerprint density at radius 2 is 2.27 bits per heavy atom. The summed E-state index contributed by atoms with van der Waals surface area (Å²) in [5, 5.41) is 8.71. The number of likely N-dealkylation sites (N-methyl/N-ethyl adjacent to an activating group) is 1. The van der Waals surface area contributed by atoms with Crippen molar-refractivity contribution < 1.29 is 9.90 Å². The summed E-state index contributed by atoms with van der Waals surface area (Å²) >= 11 is 6.55. The molecule has 0 aromatic heterocycles. The number of hydrogen-bond donors (Lipinski definition) is 1. The quantitative estimate of drug-likeness (QED) is 0.746. The zero-order valence-electron chi connectivity index (χ0n) is 5.84. The van der Waals surface area contributed by atoms with Gasteiger partial charge in [0.25, 0.3) is 0 Å². The van der Waals surface area contributed by atoms with E-state index in [1.807, 2.05) is 0 Å². The Kier molecular flexibility index (Phi) is 2.59. The first-order chi connectivity index (χ1) is 5.04. The third-order valence-electron chi connectivity index (χ3n) is 1.66. The third kappa shape index (κ3) is 1.59. The average molecular weight is 285 g/mol. The fourth-order valence-electron chi connectivity index (χ4n) is 0.972. The molecule has 62 valence electrons. The van der Waals surface area contributed by atoms with E-state index < -0.39 is 12.0 Å². The van der Waals surface area contributed by atoms with Crippen molar-refractivity contribution in [3.63, 3.8) is 0 Å². The molecule has 0 bridgehead atoms. The van der Waals surface area contributed by atoms with Crippen molar-refractivity contribution in [2.75, 3.05) is 7.05 Å². The standard InChI is InChI=1S/C6H7Br2NO2/c1-9-4(6(10)11)2-3(7)5(9)8/h4H,2H2,1H3,(H,10,11). The molecule has 0 aromatic rings. The fourth-order valence-corrected chi connectivity index (χ4v) is 1.97. The smallest absolute Gasteiger partial charge is 0.326 e. The van der Waals surface area contributed by atoms with Gasteiger partial charge >= 0.3 is 5.97 Å². The minimum absolute atomic E-state index is 0.432. The number of carboxylic acid groups (broad SMARTS) is 1. The van der Waals surface area contributed by atoms with Gasteiger partial charge in [0.05, 0.1) is 4.61 Å². The summed E-state index contributed by atoms with van der Waals surface area (Å²) in [7, 11) is 1.75. The van der Waals surface area contributed by atoms with Crippen molar-refractivity contribution in [3.8, 4) is 0 Å². The van der Waals surface area contributed by atoms with Crippen LogP contribution >= 0.6 is 31.9 Å². The molecule has 0 aromatic carbocycles. The molecule has 1 aliphatic rings. The van der Waals surface area contributed by atoms with E-state index in [9.17, 15) is 4.79 Å². The molecule has 1 rings (SSSR count). The summed E-state index contributed by atoms with van der Waals surface area (Å²) in [6.45, 7) is 0. The Morgan fingerprint density at radius 3 is 2.45 bits per heavy atom. The van der Waals surface area contributed by atoms with Crippen molar-refractivity contribution in [2.45, 2.75) is 12.5 Å². The van der Waals surface area contributed by atoms with Crippen molar-refractivity contribution in [2.24, 2.45) is 0 Å². The second kappa shape index (κ2) is 3.15. The number of rotatable bonds is 1. The number of hydrogen-bond acceptors (Lipinski definition) is 2. The summed E-state index contributed by atoms with van der Waals surface area (Å²) < 4.78 is 1.73. The molecular formula is C6H7Br2NO2. The van der Waals surface area contributed by atoms with Crippen LogP contribution in [-0.2, 0) is 4.79 Å². The second-order valence-electron chi connectivity index (χ2n) is 2.36. The van der Waals surface area contributed by atoms with Gasteiger partial charge in [0.2, 0.25) is 0 Å². The first-order valence-electron chi connectivity index (χ1n) is 3.04. The molecule has 3 nitrogen and oxygen atoms in total. The van der Waals surface area contributed by atoms with E-state index in [0.29, 0.717) is 6.42 Å². The van der Waals surface area contributed by atoms with Gasteiger partial charge in [-0.1, -0.05) is 15.9 Å². The zero-order valence-corrected chi connectivity index (χ0v) is 9.02. The SMILES string of the molecule is CN1C(Br)=C(Br)CC1C(=O)O. The molecule has 1 heterocycles. The van der Waals surface area contributed by atoms with Gasteiger partial charge in [0.1, 0.15) is 6.04 Å². The van der Waals surface area contributed by atoms with Crippen LogP contribution < -0.4 is 0 Å². The van der Waals surface area contributed by atoms with Crippen molar-refractivity contribution in [1.82, 2.24) is 4.90 Å². The average Bonchev–Trinajstić information content (AvgIpc) is 2.17. The lowest BCUT2D eigenvalue weighted by Crippen LogP contribution is -2.32. The van der Waals surface area contributed by atoms with Gasteiger partial charge in [-0.25, -0.2) is 4.79 Å². The van der Waals surface area contributed by atoms with Crippen LogP contribution in [0.4, 0.5) is 0 Å². The second-order valence-corrected chi connectivity index (χ2v) is 4.07. The highest BCUT2D eigenvalue weighted by atomic mass is 79.9. The lowest BCUT2D eigenvalue weighted by Gasteiger charge is -2.17. The Labute approximate surface area is 81.3 Å². The summed E-state index contributed by atoms with van der Waals surface area (Å²) in [5.41, 5.74) is 0. The van der Waals surface area contributed by atoms with Gasteiger partial charge in [-0.3, -0.25) is 0 Å². The van der Waals surface area contributed by atoms with E-state index in [2.05, 4.69) is 31.9 Å². The molecule has 0 spiro atoms. The molecule has 0 radical (unpaired) electrons. The molecule has 5 heteroatoms. The monoisotopic (exact) mass is 283 g/mol. The lowest BCUT2D eigenvalue weighted by molar-refractivity contribution is -0.141. The van der Waals surface area contributed by atoms with Gasteiger partial charge in [-0.15, -0.1) is 0 Å². The van der Waals surface area contributed by atoms with E-state index in [-0.39, 0.29) is 0 Å². The van der Waals surface area contributed by atoms with Crippen LogP contribution in [0.2, 0.25) is 0 Å². The molecule has 0 fully saturated rings. The zero-order chi connectivity index (χ0) is 8.59. The summed E-state index contributed by atoms with van der Waals surface area (Å²) in [6, 6.07) is -0.432. The van der Waals surface area contributed by atoms with Crippen LogP contribution in [0.15, 0.2) is 9.09 Å².